The van der Waals surface area contributed by atoms with Gasteiger partial charge in [0.2, 0.25) is 5.91 Å². The van der Waals surface area contributed by atoms with Crippen LogP contribution in [-0.4, -0.2) is 11.4 Å². The van der Waals surface area contributed by atoms with Gasteiger partial charge >= 0.3 is 0 Å². The van der Waals surface area contributed by atoms with E-state index in [-0.39, 0.29) is 17.5 Å². The van der Waals surface area contributed by atoms with Crippen LogP contribution < -0.4 is 11.1 Å². The fraction of sp³-hybridized carbons (Fsp3) is 0.500. The molecule has 0 heterocycles. The normalized spacial score (nSPS) is 13.2. The zero-order valence-electron chi connectivity index (χ0n) is 11.2. The summed E-state index contributed by atoms with van der Waals surface area (Å²) >= 11 is 3.42. The summed E-state index contributed by atoms with van der Waals surface area (Å²) in [5.74, 6) is 0.0426. The summed E-state index contributed by atoms with van der Waals surface area (Å²) in [5.41, 5.74) is 6.65. The standard InChI is InChI=1S/C14H21BrN2O/c1-10(11-5-4-6-12(15)9-11)17-13(18)7-8-14(2,3)16/h4-6,9-10H,7-8,16H2,1-3H3,(H,17,18). The van der Waals surface area contributed by atoms with E-state index in [4.69, 9.17) is 5.73 Å². The second kappa shape index (κ2) is 6.34. The number of halogens is 1. The molecule has 0 bridgehead atoms. The summed E-state index contributed by atoms with van der Waals surface area (Å²) in [5, 5.41) is 2.98. The van der Waals surface area contributed by atoms with Crippen molar-refractivity contribution in [1.29, 1.82) is 0 Å². The zero-order chi connectivity index (χ0) is 13.8. The largest absolute Gasteiger partial charge is 0.350 e. The van der Waals surface area contributed by atoms with Gasteiger partial charge in [0.1, 0.15) is 0 Å². The Morgan fingerprint density at radius 2 is 2.17 bits per heavy atom. The van der Waals surface area contributed by atoms with Crippen LogP contribution in [0.4, 0.5) is 0 Å². The van der Waals surface area contributed by atoms with E-state index in [2.05, 4.69) is 21.2 Å². The van der Waals surface area contributed by atoms with E-state index in [9.17, 15) is 4.79 Å². The maximum absolute atomic E-state index is 11.8. The van der Waals surface area contributed by atoms with E-state index in [1.165, 1.54) is 0 Å². The molecule has 0 saturated heterocycles. The van der Waals surface area contributed by atoms with Crippen molar-refractivity contribution in [2.75, 3.05) is 0 Å². The monoisotopic (exact) mass is 312 g/mol. The number of amides is 1. The van der Waals surface area contributed by atoms with Gasteiger partial charge in [0, 0.05) is 16.4 Å². The van der Waals surface area contributed by atoms with Crippen molar-refractivity contribution in [1.82, 2.24) is 5.32 Å². The Labute approximate surface area is 117 Å². The van der Waals surface area contributed by atoms with Crippen LogP contribution in [0, 0.1) is 0 Å². The van der Waals surface area contributed by atoms with Crippen molar-refractivity contribution in [2.45, 2.75) is 45.2 Å². The molecule has 0 fully saturated rings. The number of carbonyl (C=O) groups is 1. The van der Waals surface area contributed by atoms with Crippen molar-refractivity contribution < 1.29 is 4.79 Å². The summed E-state index contributed by atoms with van der Waals surface area (Å²) < 4.78 is 1.02. The van der Waals surface area contributed by atoms with Crippen LogP contribution in [0.2, 0.25) is 0 Å². The highest BCUT2D eigenvalue weighted by atomic mass is 79.9. The van der Waals surface area contributed by atoms with Gasteiger partial charge in [-0.25, -0.2) is 0 Å². The minimum atomic E-state index is -0.295. The molecule has 0 aliphatic carbocycles. The number of rotatable bonds is 5. The van der Waals surface area contributed by atoms with E-state index in [0.29, 0.717) is 12.8 Å². The molecule has 1 atom stereocenters. The van der Waals surface area contributed by atoms with Crippen LogP contribution in [0.25, 0.3) is 0 Å². The molecule has 0 radical (unpaired) electrons. The molecular weight excluding hydrogens is 292 g/mol. The molecule has 4 heteroatoms. The summed E-state index contributed by atoms with van der Waals surface area (Å²) in [7, 11) is 0. The van der Waals surface area contributed by atoms with Crippen LogP contribution in [0.15, 0.2) is 28.7 Å². The molecule has 18 heavy (non-hydrogen) atoms. The second-order valence-corrected chi connectivity index (χ2v) is 6.25. The highest BCUT2D eigenvalue weighted by Gasteiger charge is 2.15. The van der Waals surface area contributed by atoms with Crippen LogP contribution in [0.1, 0.15) is 45.2 Å². The number of hydrogen-bond donors (Lipinski definition) is 2. The van der Waals surface area contributed by atoms with Gasteiger partial charge in [-0.05, 0) is 44.9 Å². The summed E-state index contributed by atoms with van der Waals surface area (Å²) in [6.07, 6.45) is 1.14. The van der Waals surface area contributed by atoms with Gasteiger partial charge in [-0.15, -0.1) is 0 Å². The van der Waals surface area contributed by atoms with Crippen LogP contribution in [-0.2, 0) is 4.79 Å². The SMILES string of the molecule is CC(NC(=O)CCC(C)(C)N)c1cccc(Br)c1. The lowest BCUT2D eigenvalue weighted by Crippen LogP contribution is -2.35. The smallest absolute Gasteiger partial charge is 0.220 e. The average molecular weight is 313 g/mol. The maximum Gasteiger partial charge on any atom is 0.220 e. The van der Waals surface area contributed by atoms with Gasteiger partial charge in [0.25, 0.3) is 0 Å². The van der Waals surface area contributed by atoms with Crippen LogP contribution in [0.3, 0.4) is 0 Å². The van der Waals surface area contributed by atoms with Crippen LogP contribution in [0.5, 0.6) is 0 Å². The topological polar surface area (TPSA) is 55.1 Å². The quantitative estimate of drug-likeness (QED) is 0.877. The predicted molar refractivity (Wildman–Crippen MR) is 78.2 cm³/mol. The second-order valence-electron chi connectivity index (χ2n) is 5.33. The zero-order valence-corrected chi connectivity index (χ0v) is 12.8. The molecule has 1 amide bonds. The number of benzene rings is 1. The van der Waals surface area contributed by atoms with Gasteiger partial charge in [0.15, 0.2) is 0 Å². The lowest BCUT2D eigenvalue weighted by Gasteiger charge is -2.19. The van der Waals surface area contributed by atoms with Gasteiger partial charge in [-0.3, -0.25) is 4.79 Å². The Morgan fingerprint density at radius 3 is 2.72 bits per heavy atom. The number of nitrogens with one attached hydrogen (secondary N) is 1. The van der Waals surface area contributed by atoms with Crippen molar-refractivity contribution in [2.24, 2.45) is 5.73 Å². The molecule has 0 aliphatic rings. The number of carbonyl (C=O) groups excluding carboxylic acids is 1. The van der Waals surface area contributed by atoms with Gasteiger partial charge in [0.05, 0.1) is 6.04 Å². The van der Waals surface area contributed by atoms with Crippen molar-refractivity contribution >= 4 is 21.8 Å². The first kappa shape index (κ1) is 15.2. The van der Waals surface area contributed by atoms with Crippen molar-refractivity contribution in [3.8, 4) is 0 Å². The summed E-state index contributed by atoms with van der Waals surface area (Å²) in [6, 6.07) is 7.95. The van der Waals surface area contributed by atoms with Crippen molar-refractivity contribution in [3.05, 3.63) is 34.3 Å². The molecule has 0 aromatic heterocycles. The highest BCUT2D eigenvalue weighted by Crippen LogP contribution is 2.18. The number of hydrogen-bond acceptors (Lipinski definition) is 2. The summed E-state index contributed by atoms with van der Waals surface area (Å²) in [6.45, 7) is 5.84. The van der Waals surface area contributed by atoms with E-state index in [1.54, 1.807) is 0 Å². The average Bonchev–Trinajstić information content (AvgIpc) is 2.25. The summed E-state index contributed by atoms with van der Waals surface area (Å²) in [4.78, 5) is 11.8. The van der Waals surface area contributed by atoms with Gasteiger partial charge in [-0.2, -0.15) is 0 Å². The Kier molecular flexibility index (Phi) is 5.35. The van der Waals surface area contributed by atoms with E-state index < -0.39 is 0 Å². The molecule has 0 spiro atoms. The molecule has 1 rings (SSSR count). The number of nitrogens with two attached hydrogens (primary N) is 1. The Bertz CT molecular complexity index is 413. The fourth-order valence-corrected chi connectivity index (χ4v) is 2.03. The Balaban J connectivity index is 2.50. The maximum atomic E-state index is 11.8. The molecule has 1 unspecified atom stereocenters. The van der Waals surface area contributed by atoms with E-state index in [0.717, 1.165) is 10.0 Å². The van der Waals surface area contributed by atoms with Gasteiger partial charge in [-0.1, -0.05) is 28.1 Å². The third kappa shape index (κ3) is 5.65. The minimum Gasteiger partial charge on any atom is -0.350 e. The predicted octanol–water partition coefficient (Wildman–Crippen LogP) is 3.14. The van der Waals surface area contributed by atoms with Crippen LogP contribution >= 0.6 is 15.9 Å². The van der Waals surface area contributed by atoms with Gasteiger partial charge < -0.3 is 11.1 Å². The van der Waals surface area contributed by atoms with E-state index >= 15 is 0 Å². The molecule has 100 valence electrons. The first-order valence-electron chi connectivity index (χ1n) is 6.11. The molecule has 0 saturated carbocycles. The van der Waals surface area contributed by atoms with Crippen molar-refractivity contribution in [3.63, 3.8) is 0 Å². The lowest BCUT2D eigenvalue weighted by atomic mass is 9.99. The fourth-order valence-electron chi connectivity index (χ4n) is 1.61. The molecule has 3 N–H and O–H groups in total. The first-order chi connectivity index (χ1) is 8.28. The molecular formula is C14H21BrN2O. The molecule has 1 aromatic rings. The Hall–Kier alpha value is -0.870. The first-order valence-corrected chi connectivity index (χ1v) is 6.91. The van der Waals surface area contributed by atoms with E-state index in [1.807, 2.05) is 45.0 Å². The lowest BCUT2D eigenvalue weighted by molar-refractivity contribution is -0.122. The minimum absolute atomic E-state index is 0.0101. The highest BCUT2D eigenvalue weighted by molar-refractivity contribution is 9.10. The third-order valence-electron chi connectivity index (χ3n) is 2.72. The molecule has 0 aliphatic heterocycles. The molecule has 3 nitrogen and oxygen atoms in total. The Morgan fingerprint density at radius 1 is 1.50 bits per heavy atom. The molecule has 1 aromatic carbocycles. The third-order valence-corrected chi connectivity index (χ3v) is 3.22.